The van der Waals surface area contributed by atoms with Crippen molar-refractivity contribution in [2.75, 3.05) is 13.1 Å². The predicted molar refractivity (Wildman–Crippen MR) is 113 cm³/mol. The van der Waals surface area contributed by atoms with E-state index in [0.29, 0.717) is 24.6 Å². The minimum Gasteiger partial charge on any atom is -0.489 e. The van der Waals surface area contributed by atoms with Crippen molar-refractivity contribution in [3.63, 3.8) is 0 Å². The van der Waals surface area contributed by atoms with E-state index in [9.17, 15) is 4.79 Å². The van der Waals surface area contributed by atoms with Crippen molar-refractivity contribution in [3.05, 3.63) is 70.1 Å². The quantitative estimate of drug-likeness (QED) is 0.670. The first-order valence-electron chi connectivity index (χ1n) is 9.15. The van der Waals surface area contributed by atoms with E-state index in [0.717, 1.165) is 22.0 Å². The van der Waals surface area contributed by atoms with Crippen LogP contribution >= 0.6 is 11.8 Å². The molecule has 4 nitrogen and oxygen atoms in total. The van der Waals surface area contributed by atoms with E-state index in [2.05, 4.69) is 36.2 Å². The number of aliphatic imine (C=N–C) groups is 1. The minimum absolute atomic E-state index is 0.0226. The summed E-state index contributed by atoms with van der Waals surface area (Å²) in [6, 6.07) is 16.1. The average Bonchev–Trinajstić information content (AvgIpc) is 2.97. The van der Waals surface area contributed by atoms with Crippen molar-refractivity contribution >= 4 is 28.9 Å². The molecule has 1 aliphatic rings. The Kier molecular flexibility index (Phi) is 6.35. The zero-order chi connectivity index (χ0) is 19.2. The largest absolute Gasteiger partial charge is 0.489 e. The van der Waals surface area contributed by atoms with Crippen LogP contribution in [0, 0.1) is 6.92 Å². The van der Waals surface area contributed by atoms with E-state index in [1.165, 1.54) is 17.3 Å². The van der Waals surface area contributed by atoms with Gasteiger partial charge in [0, 0.05) is 13.1 Å². The normalized spacial score (nSPS) is 17.1. The lowest BCUT2D eigenvalue weighted by Crippen LogP contribution is -2.28. The maximum absolute atomic E-state index is 12.5. The Morgan fingerprint density at radius 1 is 1.07 bits per heavy atom. The molecule has 1 fully saturated rings. The Morgan fingerprint density at radius 3 is 2.41 bits per heavy atom. The highest BCUT2D eigenvalue weighted by molar-refractivity contribution is 8.18. The molecule has 0 aliphatic carbocycles. The molecule has 0 atom stereocenters. The summed E-state index contributed by atoms with van der Waals surface area (Å²) in [4.78, 5) is 19.3. The van der Waals surface area contributed by atoms with Gasteiger partial charge < -0.3 is 4.74 Å². The first kappa shape index (κ1) is 19.2. The topological polar surface area (TPSA) is 41.9 Å². The van der Waals surface area contributed by atoms with Crippen molar-refractivity contribution in [1.82, 2.24) is 4.90 Å². The van der Waals surface area contributed by atoms with Gasteiger partial charge >= 0.3 is 0 Å². The van der Waals surface area contributed by atoms with E-state index in [1.54, 1.807) is 4.90 Å². The fraction of sp³-hybridized carbons (Fsp3) is 0.273. The smallest absolute Gasteiger partial charge is 0.266 e. The summed E-state index contributed by atoms with van der Waals surface area (Å²) in [6.45, 7) is 7.86. The summed E-state index contributed by atoms with van der Waals surface area (Å²) in [7, 11) is 0. The molecule has 0 bridgehead atoms. The number of amides is 1. The minimum atomic E-state index is 0.0226. The number of carbonyl (C=O) groups excluding carboxylic acids is 1. The van der Waals surface area contributed by atoms with Crippen molar-refractivity contribution in [2.24, 2.45) is 4.99 Å². The van der Waals surface area contributed by atoms with Gasteiger partial charge in [-0.25, -0.2) is 0 Å². The van der Waals surface area contributed by atoms with Crippen LogP contribution < -0.4 is 4.74 Å². The van der Waals surface area contributed by atoms with Gasteiger partial charge in [-0.2, -0.15) is 0 Å². The van der Waals surface area contributed by atoms with E-state index >= 15 is 0 Å². The van der Waals surface area contributed by atoms with E-state index in [-0.39, 0.29) is 5.91 Å². The molecule has 1 saturated heterocycles. The molecule has 0 radical (unpaired) electrons. The first-order chi connectivity index (χ1) is 13.1. The zero-order valence-electron chi connectivity index (χ0n) is 15.9. The maximum atomic E-state index is 12.5. The molecule has 0 aromatic heterocycles. The molecule has 140 valence electrons. The molecule has 0 unspecified atom stereocenters. The Balaban J connectivity index is 1.66. The number of carbonyl (C=O) groups is 1. The number of rotatable bonds is 6. The maximum Gasteiger partial charge on any atom is 0.266 e. The van der Waals surface area contributed by atoms with Crippen LogP contribution in [0.3, 0.4) is 0 Å². The molecular formula is C22H24N2O2S. The molecule has 1 heterocycles. The number of benzene rings is 2. The number of likely N-dealkylation sites (N-methyl/N-ethyl adjacent to an activating group) is 1. The van der Waals surface area contributed by atoms with Gasteiger partial charge in [0.2, 0.25) is 0 Å². The average molecular weight is 381 g/mol. The van der Waals surface area contributed by atoms with Crippen LogP contribution in [-0.4, -0.2) is 29.1 Å². The molecular weight excluding hydrogens is 356 g/mol. The third-order valence-electron chi connectivity index (χ3n) is 4.20. The monoisotopic (exact) mass is 380 g/mol. The van der Waals surface area contributed by atoms with Gasteiger partial charge in [0.1, 0.15) is 12.4 Å². The van der Waals surface area contributed by atoms with Crippen LogP contribution in [0.25, 0.3) is 6.08 Å². The van der Waals surface area contributed by atoms with Gasteiger partial charge in [-0.05, 0) is 61.9 Å². The number of ether oxygens (including phenoxy) is 1. The summed E-state index contributed by atoms with van der Waals surface area (Å²) < 4.78 is 5.84. The van der Waals surface area contributed by atoms with Crippen molar-refractivity contribution in [3.8, 4) is 5.75 Å². The molecule has 0 spiro atoms. The predicted octanol–water partition coefficient (Wildman–Crippen LogP) is 4.89. The second-order valence-corrected chi connectivity index (χ2v) is 7.27. The Bertz CT molecular complexity index is 855. The molecule has 2 aromatic rings. The number of amidine groups is 1. The third-order valence-corrected chi connectivity index (χ3v) is 5.25. The number of nitrogens with zero attached hydrogens (tertiary/aromatic N) is 2. The van der Waals surface area contributed by atoms with E-state index in [1.807, 2.05) is 44.2 Å². The molecule has 0 saturated carbocycles. The van der Waals surface area contributed by atoms with Gasteiger partial charge in [0.05, 0.1) is 4.91 Å². The lowest BCUT2D eigenvalue weighted by atomic mass is 10.1. The summed E-state index contributed by atoms with van der Waals surface area (Å²) >= 11 is 1.44. The number of thioether (sulfide) groups is 1. The third kappa shape index (κ3) is 4.80. The van der Waals surface area contributed by atoms with Gasteiger partial charge in [-0.3, -0.25) is 14.7 Å². The Morgan fingerprint density at radius 2 is 1.78 bits per heavy atom. The molecule has 5 heteroatoms. The molecule has 1 amide bonds. The van der Waals surface area contributed by atoms with Crippen LogP contribution in [0.5, 0.6) is 5.75 Å². The van der Waals surface area contributed by atoms with Crippen molar-refractivity contribution in [1.29, 1.82) is 0 Å². The van der Waals surface area contributed by atoms with Crippen molar-refractivity contribution in [2.45, 2.75) is 27.4 Å². The highest BCUT2D eigenvalue weighted by atomic mass is 32.2. The summed E-state index contributed by atoms with van der Waals surface area (Å²) in [5.41, 5.74) is 3.36. The number of aryl methyl sites for hydroxylation is 1. The van der Waals surface area contributed by atoms with Crippen LogP contribution in [0.15, 0.2) is 58.4 Å². The van der Waals surface area contributed by atoms with E-state index < -0.39 is 0 Å². The summed E-state index contributed by atoms with van der Waals surface area (Å²) in [6.07, 6.45) is 1.91. The highest BCUT2D eigenvalue weighted by Crippen LogP contribution is 2.32. The van der Waals surface area contributed by atoms with Crippen LogP contribution in [0.4, 0.5) is 0 Å². The van der Waals surface area contributed by atoms with Gasteiger partial charge in [0.25, 0.3) is 5.91 Å². The van der Waals surface area contributed by atoms with Crippen LogP contribution in [0.2, 0.25) is 0 Å². The summed E-state index contributed by atoms with van der Waals surface area (Å²) in [5, 5.41) is 0.786. The fourth-order valence-electron chi connectivity index (χ4n) is 2.70. The van der Waals surface area contributed by atoms with Crippen LogP contribution in [0.1, 0.15) is 30.5 Å². The second-order valence-electron chi connectivity index (χ2n) is 6.26. The zero-order valence-corrected chi connectivity index (χ0v) is 16.8. The molecule has 0 N–H and O–H groups in total. The Hall–Kier alpha value is -2.53. The summed E-state index contributed by atoms with van der Waals surface area (Å²) in [5.74, 6) is 0.834. The number of hydrogen-bond acceptors (Lipinski definition) is 4. The molecule has 2 aromatic carbocycles. The van der Waals surface area contributed by atoms with Gasteiger partial charge in [0.15, 0.2) is 5.17 Å². The first-order valence-corrected chi connectivity index (χ1v) is 9.96. The lowest BCUT2D eigenvalue weighted by Gasteiger charge is -2.11. The van der Waals surface area contributed by atoms with Gasteiger partial charge in [-0.1, -0.05) is 42.0 Å². The fourth-order valence-corrected chi connectivity index (χ4v) is 3.81. The standard InChI is InChI=1S/C22H24N2O2S/c1-4-23-22-24(5-2)21(25)20(27-22)14-17-10-12-19(13-11-17)26-15-18-8-6-16(3)7-9-18/h6-14H,4-5,15H2,1-3H3. The molecule has 27 heavy (non-hydrogen) atoms. The highest BCUT2D eigenvalue weighted by Gasteiger charge is 2.31. The SMILES string of the molecule is CCN=C1SC(=Cc2ccc(OCc3ccc(C)cc3)cc2)C(=O)N1CC. The number of hydrogen-bond donors (Lipinski definition) is 0. The van der Waals surface area contributed by atoms with Gasteiger partial charge in [-0.15, -0.1) is 0 Å². The molecule has 3 rings (SSSR count). The second kappa shape index (κ2) is 8.91. The van der Waals surface area contributed by atoms with Crippen molar-refractivity contribution < 1.29 is 9.53 Å². The Labute approximate surface area is 164 Å². The molecule has 1 aliphatic heterocycles. The van der Waals surface area contributed by atoms with E-state index in [4.69, 9.17) is 4.74 Å². The lowest BCUT2D eigenvalue weighted by molar-refractivity contribution is -0.122. The van der Waals surface area contributed by atoms with Crippen LogP contribution in [-0.2, 0) is 11.4 Å².